The largest absolute Gasteiger partial charge is 0.395 e. The maximum atomic E-state index is 10.6. The van der Waals surface area contributed by atoms with Crippen molar-refractivity contribution >= 4 is 0 Å². The first-order valence-corrected chi connectivity index (χ1v) is 7.13. The van der Waals surface area contributed by atoms with E-state index in [0.717, 1.165) is 37.1 Å². The lowest BCUT2D eigenvalue weighted by Gasteiger charge is -2.38. The molecular formula is C15H21N3O2. The highest BCUT2D eigenvalue weighted by Gasteiger charge is 2.29. The van der Waals surface area contributed by atoms with E-state index in [1.165, 1.54) is 0 Å². The summed E-state index contributed by atoms with van der Waals surface area (Å²) in [6.45, 7) is 0.837. The lowest BCUT2D eigenvalue weighted by atomic mass is 9.99. The van der Waals surface area contributed by atoms with Crippen LogP contribution in [0.15, 0.2) is 18.3 Å². The van der Waals surface area contributed by atoms with Gasteiger partial charge in [0.05, 0.1) is 12.7 Å². The molecule has 0 spiro atoms. The first kappa shape index (κ1) is 14.9. The van der Waals surface area contributed by atoms with Gasteiger partial charge in [0.2, 0.25) is 0 Å². The molecule has 5 nitrogen and oxygen atoms in total. The third-order valence-electron chi connectivity index (χ3n) is 3.87. The van der Waals surface area contributed by atoms with E-state index in [1.807, 2.05) is 11.0 Å². The van der Waals surface area contributed by atoms with Crippen LogP contribution in [0, 0.1) is 11.3 Å². The van der Waals surface area contributed by atoms with Gasteiger partial charge in [-0.15, -0.1) is 0 Å². The molecule has 20 heavy (non-hydrogen) atoms. The van der Waals surface area contributed by atoms with E-state index in [1.54, 1.807) is 12.3 Å². The Bertz CT molecular complexity index is 472. The average molecular weight is 275 g/mol. The molecule has 1 unspecified atom stereocenters. The topological polar surface area (TPSA) is 80.4 Å². The Kier molecular flexibility index (Phi) is 5.48. The van der Waals surface area contributed by atoms with Crippen molar-refractivity contribution in [2.45, 2.75) is 44.4 Å². The van der Waals surface area contributed by atoms with Gasteiger partial charge in [0, 0.05) is 42.9 Å². The van der Waals surface area contributed by atoms with Crippen LogP contribution in [0.2, 0.25) is 0 Å². The summed E-state index contributed by atoms with van der Waals surface area (Å²) in [7, 11) is 0. The second kappa shape index (κ2) is 7.34. The molecule has 108 valence electrons. The van der Waals surface area contributed by atoms with E-state index >= 15 is 0 Å². The van der Waals surface area contributed by atoms with Crippen LogP contribution in [-0.2, 0) is 6.42 Å². The average Bonchev–Trinajstić information content (AvgIpc) is 2.52. The summed E-state index contributed by atoms with van der Waals surface area (Å²) < 4.78 is 0. The van der Waals surface area contributed by atoms with Crippen molar-refractivity contribution in [3.8, 4) is 6.07 Å². The normalized spacial score (nSPS) is 21.4. The number of pyridine rings is 1. The minimum atomic E-state index is -0.755. The Labute approximate surface area is 119 Å². The Morgan fingerprint density at radius 2 is 2.35 bits per heavy atom. The van der Waals surface area contributed by atoms with Crippen LogP contribution < -0.4 is 0 Å². The number of aliphatic hydroxyl groups excluding tert-OH is 2. The minimum absolute atomic E-state index is 0.00257. The number of hydrogen-bond acceptors (Lipinski definition) is 5. The summed E-state index contributed by atoms with van der Waals surface area (Å²) in [6, 6.07) is 5.76. The Morgan fingerprint density at radius 3 is 3.10 bits per heavy atom. The van der Waals surface area contributed by atoms with E-state index in [9.17, 15) is 10.2 Å². The molecule has 0 aliphatic carbocycles. The summed E-state index contributed by atoms with van der Waals surface area (Å²) in [5, 5.41) is 28.8. The number of likely N-dealkylation sites (tertiary alicyclic amines) is 1. The second-order valence-electron chi connectivity index (χ2n) is 5.14. The van der Waals surface area contributed by atoms with Crippen LogP contribution in [0.25, 0.3) is 0 Å². The number of nitriles is 1. The number of nitrogens with zero attached hydrogens (tertiary/aromatic N) is 3. The van der Waals surface area contributed by atoms with E-state index in [-0.39, 0.29) is 12.6 Å². The van der Waals surface area contributed by atoms with Crippen molar-refractivity contribution in [3.05, 3.63) is 29.6 Å². The van der Waals surface area contributed by atoms with Gasteiger partial charge in [-0.05, 0) is 18.9 Å². The summed E-state index contributed by atoms with van der Waals surface area (Å²) in [5.74, 6) is 0. The van der Waals surface area contributed by atoms with Crippen molar-refractivity contribution in [2.75, 3.05) is 13.2 Å². The van der Waals surface area contributed by atoms with E-state index in [2.05, 4.69) is 11.1 Å². The van der Waals surface area contributed by atoms with Gasteiger partial charge in [0.15, 0.2) is 0 Å². The van der Waals surface area contributed by atoms with Crippen LogP contribution >= 0.6 is 0 Å². The highest BCUT2D eigenvalue weighted by molar-refractivity contribution is 5.23. The van der Waals surface area contributed by atoms with Crippen molar-refractivity contribution in [2.24, 2.45) is 0 Å². The van der Waals surface area contributed by atoms with E-state index in [4.69, 9.17) is 5.26 Å². The van der Waals surface area contributed by atoms with Crippen molar-refractivity contribution in [1.29, 1.82) is 5.26 Å². The predicted molar refractivity (Wildman–Crippen MR) is 74.6 cm³/mol. The van der Waals surface area contributed by atoms with Gasteiger partial charge in [-0.25, -0.2) is 0 Å². The minimum Gasteiger partial charge on any atom is -0.395 e. The van der Waals surface area contributed by atoms with Gasteiger partial charge in [-0.3, -0.25) is 9.88 Å². The van der Waals surface area contributed by atoms with Gasteiger partial charge in [0.25, 0.3) is 0 Å². The lowest BCUT2D eigenvalue weighted by molar-refractivity contribution is -0.0576. The number of hydrogen-bond donors (Lipinski definition) is 2. The van der Waals surface area contributed by atoms with Gasteiger partial charge in [-0.1, -0.05) is 12.5 Å². The third kappa shape index (κ3) is 3.34. The fourth-order valence-electron chi connectivity index (χ4n) is 2.79. The lowest BCUT2D eigenvalue weighted by Crippen LogP contribution is -2.44. The molecule has 1 aromatic heterocycles. The van der Waals surface area contributed by atoms with Crippen molar-refractivity contribution in [3.63, 3.8) is 0 Å². The van der Waals surface area contributed by atoms with Gasteiger partial charge in [-0.2, -0.15) is 5.26 Å². The Morgan fingerprint density at radius 1 is 1.50 bits per heavy atom. The van der Waals surface area contributed by atoms with Crippen LogP contribution in [0.5, 0.6) is 0 Å². The Balaban J connectivity index is 2.19. The first-order chi connectivity index (χ1) is 9.77. The maximum Gasteiger partial charge on any atom is 0.135 e. The zero-order chi connectivity index (χ0) is 14.4. The van der Waals surface area contributed by atoms with E-state index < -0.39 is 6.23 Å². The standard InChI is InChI=1S/C15H21N3O2/c16-8-3-7-14-13(6-4-9-17-14)15(20)18-10-2-1-5-12(18)11-19/h4,6,9,12,15,19-20H,1-3,5,7,10-11H2/t12-,15?/m0/s1. The molecule has 2 atom stereocenters. The number of rotatable bonds is 5. The van der Waals surface area contributed by atoms with E-state index in [0.29, 0.717) is 12.8 Å². The second-order valence-corrected chi connectivity index (χ2v) is 5.14. The zero-order valence-corrected chi connectivity index (χ0v) is 11.6. The van der Waals surface area contributed by atoms with Crippen LogP contribution in [-0.4, -0.2) is 39.3 Å². The highest BCUT2D eigenvalue weighted by Crippen LogP contribution is 2.28. The molecule has 0 saturated carbocycles. The SMILES string of the molecule is N#CCCc1ncccc1C(O)N1CCCC[C@H]1CO. The molecule has 2 heterocycles. The fraction of sp³-hybridized carbons (Fsp3) is 0.600. The molecule has 1 aliphatic heterocycles. The van der Waals surface area contributed by atoms with Crippen molar-refractivity contribution < 1.29 is 10.2 Å². The summed E-state index contributed by atoms with van der Waals surface area (Å²) in [5.41, 5.74) is 1.52. The summed E-state index contributed by atoms with van der Waals surface area (Å²) in [6.07, 6.45) is 4.88. The van der Waals surface area contributed by atoms with Gasteiger partial charge in [0.1, 0.15) is 6.23 Å². The molecule has 2 rings (SSSR count). The van der Waals surface area contributed by atoms with Gasteiger partial charge < -0.3 is 10.2 Å². The summed E-state index contributed by atoms with van der Waals surface area (Å²) in [4.78, 5) is 6.22. The molecule has 0 aromatic carbocycles. The summed E-state index contributed by atoms with van der Waals surface area (Å²) >= 11 is 0. The molecule has 2 N–H and O–H groups in total. The number of aryl methyl sites for hydroxylation is 1. The van der Waals surface area contributed by atoms with Crippen LogP contribution in [0.4, 0.5) is 0 Å². The molecule has 1 fully saturated rings. The zero-order valence-electron chi connectivity index (χ0n) is 11.6. The number of aliphatic hydroxyl groups is 2. The first-order valence-electron chi connectivity index (χ1n) is 7.13. The molecule has 0 bridgehead atoms. The fourth-order valence-corrected chi connectivity index (χ4v) is 2.79. The number of aromatic nitrogens is 1. The smallest absolute Gasteiger partial charge is 0.135 e. The monoisotopic (exact) mass is 275 g/mol. The quantitative estimate of drug-likeness (QED) is 0.848. The van der Waals surface area contributed by atoms with Crippen molar-refractivity contribution in [1.82, 2.24) is 9.88 Å². The molecule has 5 heteroatoms. The molecule has 1 aromatic rings. The molecular weight excluding hydrogens is 254 g/mol. The van der Waals surface area contributed by atoms with Crippen LogP contribution in [0.3, 0.4) is 0 Å². The van der Waals surface area contributed by atoms with Gasteiger partial charge >= 0.3 is 0 Å². The molecule has 0 amide bonds. The Hall–Kier alpha value is -1.48. The highest BCUT2D eigenvalue weighted by atomic mass is 16.3. The molecule has 1 saturated heterocycles. The third-order valence-corrected chi connectivity index (χ3v) is 3.87. The predicted octanol–water partition coefficient (Wildman–Crippen LogP) is 1.38. The number of piperidine rings is 1. The molecule has 1 aliphatic rings. The van der Waals surface area contributed by atoms with Crippen LogP contribution in [0.1, 0.15) is 43.2 Å². The maximum absolute atomic E-state index is 10.6. The molecule has 0 radical (unpaired) electrons.